The van der Waals surface area contributed by atoms with Crippen LogP contribution in [0.4, 0.5) is 0 Å². The molecule has 4 aliphatic carbocycles. The normalized spacial score (nSPS) is 57.1. The minimum Gasteiger partial charge on any atom is -0.393 e. The molecule has 0 unspecified atom stereocenters. The van der Waals surface area contributed by atoms with E-state index in [-0.39, 0.29) is 11.5 Å². The van der Waals surface area contributed by atoms with Gasteiger partial charge in [0.25, 0.3) is 0 Å². The zero-order valence-corrected chi connectivity index (χ0v) is 15.3. The Morgan fingerprint density at radius 1 is 0.958 bits per heavy atom. The summed E-state index contributed by atoms with van der Waals surface area (Å²) in [6, 6.07) is 0. The fourth-order valence-electron chi connectivity index (χ4n) is 7.75. The average Bonchev–Trinajstić information content (AvgIpc) is 2.81. The van der Waals surface area contributed by atoms with Gasteiger partial charge in [-0.25, -0.2) is 5.48 Å². The van der Waals surface area contributed by atoms with Crippen molar-refractivity contribution in [1.82, 2.24) is 5.48 Å². The number of hydrogen-bond donors (Lipinski definition) is 4. The highest BCUT2D eigenvalue weighted by atomic mass is 16.5. The molecule has 0 aliphatic heterocycles. The lowest BCUT2D eigenvalue weighted by molar-refractivity contribution is -0.210. The summed E-state index contributed by atoms with van der Waals surface area (Å²) in [6.45, 7) is 5.33. The van der Waals surface area contributed by atoms with Crippen LogP contribution < -0.4 is 5.48 Å². The predicted molar refractivity (Wildman–Crippen MR) is 92.5 cm³/mol. The first-order valence-corrected chi connectivity index (χ1v) is 10.1. The van der Waals surface area contributed by atoms with Crippen LogP contribution in [-0.4, -0.2) is 33.7 Å². The van der Waals surface area contributed by atoms with E-state index in [0.29, 0.717) is 35.6 Å². The maximum atomic E-state index is 11.9. The summed E-state index contributed by atoms with van der Waals surface area (Å²) in [7, 11) is 0. The maximum Gasteiger partial charge on any atom is 0.0735 e. The van der Waals surface area contributed by atoms with Gasteiger partial charge in [0.2, 0.25) is 0 Å². The average molecular weight is 338 g/mol. The summed E-state index contributed by atoms with van der Waals surface area (Å²) >= 11 is 0. The first-order chi connectivity index (χ1) is 11.3. The van der Waals surface area contributed by atoms with Crippen molar-refractivity contribution in [3.05, 3.63) is 0 Å². The van der Waals surface area contributed by atoms with Crippen LogP contribution in [0, 0.1) is 34.5 Å². The minimum absolute atomic E-state index is 0.0682. The third-order valence-corrected chi connectivity index (χ3v) is 9.35. The Kier molecular flexibility index (Phi) is 4.08. The van der Waals surface area contributed by atoms with Gasteiger partial charge < -0.3 is 15.4 Å². The van der Waals surface area contributed by atoms with Crippen LogP contribution in [0.1, 0.15) is 71.6 Å². The molecule has 4 N–H and O–H groups in total. The van der Waals surface area contributed by atoms with Gasteiger partial charge in [-0.05, 0) is 86.9 Å². The Morgan fingerprint density at radius 2 is 1.75 bits per heavy atom. The van der Waals surface area contributed by atoms with Crippen LogP contribution >= 0.6 is 0 Å². The molecule has 4 nitrogen and oxygen atoms in total. The van der Waals surface area contributed by atoms with Gasteiger partial charge >= 0.3 is 0 Å². The summed E-state index contributed by atoms with van der Waals surface area (Å²) in [4.78, 5) is 0. The highest BCUT2D eigenvalue weighted by Crippen LogP contribution is 2.68. The van der Waals surface area contributed by atoms with Crippen LogP contribution in [-0.2, 0) is 0 Å². The molecule has 4 saturated carbocycles. The molecule has 0 amide bonds. The molecular weight excluding hydrogens is 302 g/mol. The molecule has 0 saturated heterocycles. The smallest absolute Gasteiger partial charge is 0.0735 e. The van der Waals surface area contributed by atoms with E-state index in [9.17, 15) is 15.4 Å². The first kappa shape index (κ1) is 17.3. The largest absolute Gasteiger partial charge is 0.393 e. The fraction of sp³-hybridized carbons (Fsp3) is 1.00. The summed E-state index contributed by atoms with van der Waals surface area (Å²) < 4.78 is 0. The minimum atomic E-state index is -0.568. The number of aliphatic hydroxyl groups is 2. The lowest BCUT2D eigenvalue weighted by Gasteiger charge is -2.63. The topological polar surface area (TPSA) is 72.7 Å². The van der Waals surface area contributed by atoms with Gasteiger partial charge in [0.05, 0.1) is 11.7 Å². The SMILES string of the molecule is C[C@]12CC[C@H](O)C[C@H]1CC[C@@H]1[C@@H]2CC[C@]2(C)[C@@H](CNO)CC[C@]12O. The highest BCUT2D eigenvalue weighted by Gasteiger charge is 2.66. The second-order valence-corrected chi connectivity index (χ2v) is 9.90. The molecular formula is C20H35NO3. The molecule has 138 valence electrons. The third-order valence-electron chi connectivity index (χ3n) is 9.35. The lowest BCUT2D eigenvalue weighted by atomic mass is 9.43. The van der Waals surface area contributed by atoms with Crippen molar-refractivity contribution in [1.29, 1.82) is 0 Å². The van der Waals surface area contributed by atoms with Crippen molar-refractivity contribution in [2.45, 2.75) is 83.3 Å². The Morgan fingerprint density at radius 3 is 2.50 bits per heavy atom. The van der Waals surface area contributed by atoms with E-state index in [1.54, 1.807) is 0 Å². The number of nitrogens with one attached hydrogen (secondary N) is 1. The van der Waals surface area contributed by atoms with Crippen molar-refractivity contribution < 1.29 is 15.4 Å². The van der Waals surface area contributed by atoms with E-state index in [4.69, 9.17) is 0 Å². The van der Waals surface area contributed by atoms with E-state index in [1.165, 1.54) is 6.42 Å². The molecule has 4 rings (SSSR count). The fourth-order valence-corrected chi connectivity index (χ4v) is 7.75. The predicted octanol–water partition coefficient (Wildman–Crippen LogP) is 3.10. The van der Waals surface area contributed by atoms with Crippen LogP contribution in [0.2, 0.25) is 0 Å². The van der Waals surface area contributed by atoms with E-state index in [0.717, 1.165) is 51.4 Å². The molecule has 0 heterocycles. The molecule has 0 bridgehead atoms. The summed E-state index contributed by atoms with van der Waals surface area (Å²) in [6.07, 6.45) is 9.37. The van der Waals surface area contributed by atoms with Crippen molar-refractivity contribution in [2.75, 3.05) is 6.54 Å². The number of rotatable bonds is 2. The van der Waals surface area contributed by atoms with Crippen LogP contribution in [0.25, 0.3) is 0 Å². The van der Waals surface area contributed by atoms with Crippen molar-refractivity contribution in [3.8, 4) is 0 Å². The van der Waals surface area contributed by atoms with E-state index < -0.39 is 5.60 Å². The van der Waals surface area contributed by atoms with Gasteiger partial charge in [-0.1, -0.05) is 13.8 Å². The van der Waals surface area contributed by atoms with Gasteiger partial charge in [-0.3, -0.25) is 0 Å². The van der Waals surface area contributed by atoms with Crippen molar-refractivity contribution in [3.63, 3.8) is 0 Å². The Balaban J connectivity index is 1.64. The Labute approximate surface area is 146 Å². The summed E-state index contributed by atoms with van der Waals surface area (Å²) in [5.74, 6) is 2.00. The van der Waals surface area contributed by atoms with Gasteiger partial charge in [0.15, 0.2) is 0 Å². The molecule has 4 aliphatic rings. The molecule has 0 radical (unpaired) electrons. The van der Waals surface area contributed by atoms with Gasteiger partial charge in [-0.2, -0.15) is 0 Å². The van der Waals surface area contributed by atoms with Gasteiger partial charge in [0.1, 0.15) is 0 Å². The quantitative estimate of drug-likeness (QED) is 0.584. The standard InChI is InChI=1S/C20H35NO3/c1-18-8-6-15(22)11-13(18)3-4-17-16(18)7-9-19(2)14(12-21-24)5-10-20(17,19)23/h13-17,21-24H,3-12H2,1-2H3/t13-,14-,15+,16+,17-,18+,19-,20+/m1/s1. The molecule has 4 fully saturated rings. The lowest BCUT2D eigenvalue weighted by Crippen LogP contribution is -2.62. The number of hydrogen-bond acceptors (Lipinski definition) is 4. The molecule has 0 aromatic heterocycles. The highest BCUT2D eigenvalue weighted by molar-refractivity contribution is 5.16. The van der Waals surface area contributed by atoms with E-state index >= 15 is 0 Å². The zero-order valence-electron chi connectivity index (χ0n) is 15.3. The number of fused-ring (bicyclic) bond motifs is 5. The molecule has 0 aromatic carbocycles. The van der Waals surface area contributed by atoms with E-state index in [2.05, 4.69) is 19.3 Å². The molecule has 4 heteroatoms. The van der Waals surface area contributed by atoms with E-state index in [1.807, 2.05) is 0 Å². The molecule has 24 heavy (non-hydrogen) atoms. The van der Waals surface area contributed by atoms with Crippen LogP contribution in [0.5, 0.6) is 0 Å². The second-order valence-electron chi connectivity index (χ2n) is 9.90. The Hall–Kier alpha value is -0.160. The summed E-state index contributed by atoms with van der Waals surface area (Å²) in [5.41, 5.74) is 2.04. The van der Waals surface area contributed by atoms with Crippen molar-refractivity contribution >= 4 is 0 Å². The molecule has 0 spiro atoms. The number of hydroxylamine groups is 1. The van der Waals surface area contributed by atoms with Crippen molar-refractivity contribution in [2.24, 2.45) is 34.5 Å². The van der Waals surface area contributed by atoms with Gasteiger partial charge in [0, 0.05) is 12.0 Å². The molecule has 8 atom stereocenters. The number of aliphatic hydroxyl groups excluding tert-OH is 1. The second kappa shape index (κ2) is 5.67. The molecule has 0 aromatic rings. The monoisotopic (exact) mass is 337 g/mol. The van der Waals surface area contributed by atoms with Crippen LogP contribution in [0.15, 0.2) is 0 Å². The Bertz CT molecular complexity index is 499. The third kappa shape index (κ3) is 2.12. The van der Waals surface area contributed by atoms with Crippen LogP contribution in [0.3, 0.4) is 0 Å². The van der Waals surface area contributed by atoms with Gasteiger partial charge in [-0.15, -0.1) is 0 Å². The maximum absolute atomic E-state index is 11.9. The zero-order chi connectivity index (χ0) is 17.2. The first-order valence-electron chi connectivity index (χ1n) is 10.1. The summed E-state index contributed by atoms with van der Waals surface area (Å²) in [5, 5.41) is 31.2.